The Hall–Kier alpha value is -1.06. The maximum atomic E-state index is 9.42. The van der Waals surface area contributed by atoms with Crippen LogP contribution in [-0.4, -0.2) is 23.9 Å². The maximum Gasteiger partial charge on any atom is 0.0701 e. The van der Waals surface area contributed by atoms with Crippen LogP contribution in [0.5, 0.6) is 0 Å². The number of benzene rings is 1. The van der Waals surface area contributed by atoms with Gasteiger partial charge in [0.25, 0.3) is 0 Å². The second kappa shape index (κ2) is 4.80. The highest BCUT2D eigenvalue weighted by molar-refractivity contribution is 5.52. The summed E-state index contributed by atoms with van der Waals surface area (Å²) in [4.78, 5) is 0. The lowest BCUT2D eigenvalue weighted by Gasteiger charge is -2.60. The van der Waals surface area contributed by atoms with Crippen LogP contribution in [0.1, 0.15) is 32.3 Å². The predicted octanol–water partition coefficient (Wildman–Crippen LogP) is 2.79. The molecule has 0 spiro atoms. The molecule has 1 aliphatic carbocycles. The van der Waals surface area contributed by atoms with Crippen LogP contribution in [0.15, 0.2) is 24.3 Å². The predicted molar refractivity (Wildman–Crippen MR) is 76.0 cm³/mol. The average Bonchev–Trinajstić information content (AvgIpc) is 2.45. The number of anilines is 1. The highest BCUT2D eigenvalue weighted by atomic mass is 16.5. The van der Waals surface area contributed by atoms with Crippen LogP contribution in [-0.2, 0) is 11.3 Å². The molecule has 3 nitrogen and oxygen atoms in total. The molecule has 104 valence electrons. The van der Waals surface area contributed by atoms with E-state index in [4.69, 9.17) is 4.74 Å². The molecule has 2 fully saturated rings. The zero-order valence-corrected chi connectivity index (χ0v) is 11.7. The number of rotatable bonds is 3. The third kappa shape index (κ3) is 2.05. The molecule has 1 saturated carbocycles. The summed E-state index contributed by atoms with van der Waals surface area (Å²) < 4.78 is 5.93. The van der Waals surface area contributed by atoms with Crippen molar-refractivity contribution in [2.75, 3.05) is 11.9 Å². The van der Waals surface area contributed by atoms with E-state index in [0.29, 0.717) is 18.1 Å². The molecule has 0 bridgehead atoms. The fraction of sp³-hybridized carbons (Fsp3) is 0.625. The summed E-state index contributed by atoms with van der Waals surface area (Å²) in [7, 11) is 0. The maximum absolute atomic E-state index is 9.42. The van der Waals surface area contributed by atoms with Gasteiger partial charge in [0.1, 0.15) is 0 Å². The van der Waals surface area contributed by atoms with E-state index in [9.17, 15) is 5.11 Å². The summed E-state index contributed by atoms with van der Waals surface area (Å²) in [6.07, 6.45) is 2.80. The van der Waals surface area contributed by atoms with E-state index in [1.54, 1.807) is 0 Å². The SMILES string of the molecule is CC1(C)C(Nc2ccccc2CO)C2CCCOC21. The average molecular weight is 261 g/mol. The van der Waals surface area contributed by atoms with Gasteiger partial charge < -0.3 is 15.2 Å². The van der Waals surface area contributed by atoms with Gasteiger partial charge >= 0.3 is 0 Å². The smallest absolute Gasteiger partial charge is 0.0701 e. The van der Waals surface area contributed by atoms with Crippen LogP contribution < -0.4 is 5.32 Å². The molecule has 1 heterocycles. The minimum absolute atomic E-state index is 0.0842. The topological polar surface area (TPSA) is 41.5 Å². The molecule has 3 rings (SSSR count). The standard InChI is InChI=1S/C16H23NO2/c1-16(2)14(12-7-5-9-19-15(12)16)17-13-8-4-3-6-11(13)10-18/h3-4,6,8,12,14-15,17-18H,5,7,9-10H2,1-2H3. The second-order valence-corrected chi connectivity index (χ2v) is 6.36. The van der Waals surface area contributed by atoms with Crippen LogP contribution in [0, 0.1) is 11.3 Å². The third-order valence-electron chi connectivity index (χ3n) is 4.83. The Morgan fingerprint density at radius 2 is 2.16 bits per heavy atom. The highest BCUT2D eigenvalue weighted by Gasteiger charge is 2.57. The molecule has 1 aliphatic heterocycles. The van der Waals surface area contributed by atoms with Crippen molar-refractivity contribution in [3.05, 3.63) is 29.8 Å². The highest BCUT2D eigenvalue weighted by Crippen LogP contribution is 2.52. The van der Waals surface area contributed by atoms with E-state index in [1.165, 1.54) is 6.42 Å². The van der Waals surface area contributed by atoms with Crippen molar-refractivity contribution >= 4 is 5.69 Å². The summed E-state index contributed by atoms with van der Waals surface area (Å²) in [6.45, 7) is 5.54. The molecular formula is C16H23NO2. The van der Waals surface area contributed by atoms with Crippen molar-refractivity contribution in [3.63, 3.8) is 0 Å². The molecule has 1 aromatic rings. The monoisotopic (exact) mass is 261 g/mol. The molecule has 0 radical (unpaired) electrons. The summed E-state index contributed by atoms with van der Waals surface area (Å²) in [5.41, 5.74) is 2.19. The zero-order valence-electron chi connectivity index (χ0n) is 11.7. The molecule has 2 N–H and O–H groups in total. The zero-order chi connectivity index (χ0) is 13.5. The van der Waals surface area contributed by atoms with Gasteiger partial charge in [-0.3, -0.25) is 0 Å². The van der Waals surface area contributed by atoms with Gasteiger partial charge in [0, 0.05) is 35.2 Å². The van der Waals surface area contributed by atoms with Crippen molar-refractivity contribution < 1.29 is 9.84 Å². The summed E-state index contributed by atoms with van der Waals surface area (Å²) in [5, 5.41) is 13.1. The van der Waals surface area contributed by atoms with Crippen LogP contribution in [0.4, 0.5) is 5.69 Å². The number of ether oxygens (including phenoxy) is 1. The molecule has 19 heavy (non-hydrogen) atoms. The normalized spacial score (nSPS) is 32.3. The van der Waals surface area contributed by atoms with Gasteiger partial charge in [-0.05, 0) is 18.9 Å². The van der Waals surface area contributed by atoms with E-state index in [1.807, 2.05) is 18.2 Å². The van der Waals surface area contributed by atoms with Crippen molar-refractivity contribution in [1.82, 2.24) is 0 Å². The van der Waals surface area contributed by atoms with Crippen LogP contribution in [0.25, 0.3) is 0 Å². The number of aliphatic hydroxyl groups is 1. The molecular weight excluding hydrogens is 238 g/mol. The second-order valence-electron chi connectivity index (χ2n) is 6.36. The summed E-state index contributed by atoms with van der Waals surface area (Å²) in [6, 6.07) is 8.45. The Morgan fingerprint density at radius 1 is 1.37 bits per heavy atom. The summed E-state index contributed by atoms with van der Waals surface area (Å²) >= 11 is 0. The molecule has 0 amide bonds. The van der Waals surface area contributed by atoms with Crippen LogP contribution in [0.3, 0.4) is 0 Å². The Balaban J connectivity index is 1.79. The molecule has 3 heteroatoms. The molecule has 1 saturated heterocycles. The largest absolute Gasteiger partial charge is 0.392 e. The Bertz CT molecular complexity index is 458. The van der Waals surface area contributed by atoms with E-state index in [-0.39, 0.29) is 12.0 Å². The third-order valence-corrected chi connectivity index (χ3v) is 4.83. The van der Waals surface area contributed by atoms with E-state index in [2.05, 4.69) is 25.2 Å². The first kappa shape index (κ1) is 12.9. The van der Waals surface area contributed by atoms with Gasteiger partial charge in [0.2, 0.25) is 0 Å². The molecule has 0 aromatic heterocycles. The Kier molecular flexibility index (Phi) is 3.27. The first-order chi connectivity index (χ1) is 9.14. The minimum atomic E-state index is 0.0842. The fourth-order valence-corrected chi connectivity index (χ4v) is 3.78. The molecule has 1 aromatic carbocycles. The quantitative estimate of drug-likeness (QED) is 0.879. The van der Waals surface area contributed by atoms with E-state index >= 15 is 0 Å². The van der Waals surface area contributed by atoms with Crippen molar-refractivity contribution in [3.8, 4) is 0 Å². The first-order valence-corrected chi connectivity index (χ1v) is 7.21. The van der Waals surface area contributed by atoms with Crippen molar-refractivity contribution in [2.24, 2.45) is 11.3 Å². The fourth-order valence-electron chi connectivity index (χ4n) is 3.78. The molecule has 3 unspecified atom stereocenters. The van der Waals surface area contributed by atoms with Crippen molar-refractivity contribution in [1.29, 1.82) is 0 Å². The molecule has 3 atom stereocenters. The number of hydrogen-bond acceptors (Lipinski definition) is 3. The first-order valence-electron chi connectivity index (χ1n) is 7.21. The van der Waals surface area contributed by atoms with Gasteiger partial charge in [-0.15, -0.1) is 0 Å². The van der Waals surface area contributed by atoms with E-state index in [0.717, 1.165) is 24.3 Å². The Labute approximate surface area is 115 Å². The lowest BCUT2D eigenvalue weighted by atomic mass is 9.55. The number of fused-ring (bicyclic) bond motifs is 1. The van der Waals surface area contributed by atoms with Gasteiger partial charge in [0.05, 0.1) is 12.7 Å². The van der Waals surface area contributed by atoms with Gasteiger partial charge in [-0.1, -0.05) is 32.0 Å². The lowest BCUT2D eigenvalue weighted by molar-refractivity contribution is -0.177. The summed E-state index contributed by atoms with van der Waals surface area (Å²) in [5.74, 6) is 0.607. The minimum Gasteiger partial charge on any atom is -0.392 e. The van der Waals surface area contributed by atoms with Gasteiger partial charge in [0.15, 0.2) is 0 Å². The number of hydrogen-bond donors (Lipinski definition) is 2. The number of nitrogens with one attached hydrogen (secondary N) is 1. The lowest BCUT2D eigenvalue weighted by Crippen LogP contribution is -2.67. The number of para-hydroxylation sites is 1. The van der Waals surface area contributed by atoms with Crippen molar-refractivity contribution in [2.45, 2.75) is 45.4 Å². The number of aliphatic hydroxyl groups excluding tert-OH is 1. The van der Waals surface area contributed by atoms with Gasteiger partial charge in [-0.25, -0.2) is 0 Å². The van der Waals surface area contributed by atoms with Crippen LogP contribution >= 0.6 is 0 Å². The van der Waals surface area contributed by atoms with Gasteiger partial charge in [-0.2, -0.15) is 0 Å². The Morgan fingerprint density at radius 3 is 2.95 bits per heavy atom. The van der Waals surface area contributed by atoms with Crippen LogP contribution in [0.2, 0.25) is 0 Å². The van der Waals surface area contributed by atoms with E-state index < -0.39 is 0 Å². The molecule has 2 aliphatic rings.